The van der Waals surface area contributed by atoms with Gasteiger partial charge in [-0.05, 0) is 32.0 Å². The van der Waals surface area contributed by atoms with Crippen LogP contribution in [0.2, 0.25) is 0 Å². The van der Waals surface area contributed by atoms with E-state index in [2.05, 4.69) is 5.10 Å². The Labute approximate surface area is 139 Å². The van der Waals surface area contributed by atoms with Crippen LogP contribution in [0.25, 0.3) is 5.69 Å². The van der Waals surface area contributed by atoms with Gasteiger partial charge in [-0.2, -0.15) is 5.10 Å². The average Bonchev–Trinajstić information content (AvgIpc) is 2.97. The molecule has 126 valence electrons. The number of aromatic nitrogens is 2. The van der Waals surface area contributed by atoms with Gasteiger partial charge in [0.15, 0.2) is 11.8 Å². The van der Waals surface area contributed by atoms with Gasteiger partial charge in [0.2, 0.25) is 0 Å². The summed E-state index contributed by atoms with van der Waals surface area (Å²) in [6.07, 6.45) is -0.983. The lowest BCUT2D eigenvalue weighted by Gasteiger charge is -2.30. The fourth-order valence-corrected chi connectivity index (χ4v) is 2.67. The van der Waals surface area contributed by atoms with E-state index in [1.54, 1.807) is 10.7 Å². The van der Waals surface area contributed by atoms with E-state index >= 15 is 0 Å². The van der Waals surface area contributed by atoms with Crippen molar-refractivity contribution in [2.24, 2.45) is 0 Å². The number of amides is 1. The maximum absolute atomic E-state index is 12.6. The van der Waals surface area contributed by atoms with Crippen molar-refractivity contribution >= 4 is 11.9 Å². The first kappa shape index (κ1) is 16.2. The monoisotopic (exact) mass is 329 g/mol. The summed E-state index contributed by atoms with van der Waals surface area (Å²) in [6, 6.07) is 9.57. The van der Waals surface area contributed by atoms with Crippen LogP contribution < -0.4 is 0 Å². The summed E-state index contributed by atoms with van der Waals surface area (Å²) in [5.74, 6) is -1.34. The normalized spacial score (nSPS) is 17.8. The molecule has 0 saturated carbocycles. The third-order valence-electron chi connectivity index (χ3n) is 4.01. The SMILES string of the molecule is Cc1ccc(-n2nc(C(=O)N3CCOC(C(=O)O)C3)cc2C)cc1. The summed E-state index contributed by atoms with van der Waals surface area (Å²) >= 11 is 0. The molecule has 1 aromatic heterocycles. The molecule has 1 unspecified atom stereocenters. The number of benzene rings is 1. The second-order valence-corrected chi connectivity index (χ2v) is 5.87. The van der Waals surface area contributed by atoms with Crippen LogP contribution in [-0.2, 0) is 9.53 Å². The summed E-state index contributed by atoms with van der Waals surface area (Å²) in [4.78, 5) is 25.1. The number of carboxylic acids is 1. The molecule has 2 aromatic rings. The standard InChI is InChI=1S/C17H19N3O4/c1-11-3-5-13(6-4-11)20-12(2)9-14(18-20)16(21)19-7-8-24-15(10-19)17(22)23/h3-6,9,15H,7-8,10H2,1-2H3,(H,22,23). The summed E-state index contributed by atoms with van der Waals surface area (Å²) in [5.41, 5.74) is 3.17. The Morgan fingerprint density at radius 3 is 2.62 bits per heavy atom. The molecule has 1 atom stereocenters. The Kier molecular flexibility index (Phi) is 4.35. The number of rotatable bonds is 3. The highest BCUT2D eigenvalue weighted by Crippen LogP contribution is 2.16. The molecule has 7 heteroatoms. The van der Waals surface area contributed by atoms with Crippen LogP contribution in [0.3, 0.4) is 0 Å². The third-order valence-corrected chi connectivity index (χ3v) is 4.01. The third kappa shape index (κ3) is 3.16. The van der Waals surface area contributed by atoms with Crippen LogP contribution in [0.1, 0.15) is 21.7 Å². The van der Waals surface area contributed by atoms with Gasteiger partial charge in [-0.3, -0.25) is 4.79 Å². The van der Waals surface area contributed by atoms with Crippen molar-refractivity contribution in [3.05, 3.63) is 47.3 Å². The first-order valence-electron chi connectivity index (χ1n) is 7.73. The molecule has 3 rings (SSSR count). The predicted octanol–water partition coefficient (Wildman–Crippen LogP) is 1.41. The molecule has 24 heavy (non-hydrogen) atoms. The van der Waals surface area contributed by atoms with Gasteiger partial charge in [0.05, 0.1) is 18.8 Å². The lowest BCUT2D eigenvalue weighted by molar-refractivity contribution is -0.154. The summed E-state index contributed by atoms with van der Waals surface area (Å²) < 4.78 is 6.86. The molecular formula is C17H19N3O4. The van der Waals surface area contributed by atoms with E-state index in [0.29, 0.717) is 12.2 Å². The minimum Gasteiger partial charge on any atom is -0.479 e. The molecule has 1 saturated heterocycles. The zero-order valence-electron chi connectivity index (χ0n) is 13.6. The van der Waals surface area contributed by atoms with Gasteiger partial charge < -0.3 is 14.7 Å². The topological polar surface area (TPSA) is 84.7 Å². The van der Waals surface area contributed by atoms with Gasteiger partial charge >= 0.3 is 5.97 Å². The zero-order chi connectivity index (χ0) is 17.3. The van der Waals surface area contributed by atoms with E-state index in [-0.39, 0.29) is 19.1 Å². The fourth-order valence-electron chi connectivity index (χ4n) is 2.67. The van der Waals surface area contributed by atoms with E-state index in [1.807, 2.05) is 38.1 Å². The van der Waals surface area contributed by atoms with E-state index in [0.717, 1.165) is 16.9 Å². The number of hydrogen-bond acceptors (Lipinski definition) is 4. The number of aryl methyl sites for hydroxylation is 2. The quantitative estimate of drug-likeness (QED) is 0.920. The lowest BCUT2D eigenvalue weighted by atomic mass is 10.2. The molecule has 1 N–H and O–H groups in total. The van der Waals surface area contributed by atoms with Gasteiger partial charge in [0.25, 0.3) is 5.91 Å². The average molecular weight is 329 g/mol. The number of ether oxygens (including phenoxy) is 1. The molecular weight excluding hydrogens is 310 g/mol. The maximum atomic E-state index is 12.6. The number of carbonyl (C=O) groups excluding carboxylic acids is 1. The van der Waals surface area contributed by atoms with Gasteiger partial charge in [0.1, 0.15) is 0 Å². The van der Waals surface area contributed by atoms with Crippen LogP contribution in [0.4, 0.5) is 0 Å². The Balaban J connectivity index is 1.82. The van der Waals surface area contributed by atoms with Crippen LogP contribution in [0.5, 0.6) is 0 Å². The molecule has 0 bridgehead atoms. The molecule has 1 aromatic carbocycles. The molecule has 7 nitrogen and oxygen atoms in total. The van der Waals surface area contributed by atoms with Crippen LogP contribution >= 0.6 is 0 Å². The van der Waals surface area contributed by atoms with Crippen molar-refractivity contribution in [1.82, 2.24) is 14.7 Å². The van der Waals surface area contributed by atoms with E-state index in [1.165, 1.54) is 4.90 Å². The predicted molar refractivity (Wildman–Crippen MR) is 86.3 cm³/mol. The smallest absolute Gasteiger partial charge is 0.334 e. The van der Waals surface area contributed by atoms with Crippen molar-refractivity contribution < 1.29 is 19.4 Å². The highest BCUT2D eigenvalue weighted by atomic mass is 16.5. The number of hydrogen-bond donors (Lipinski definition) is 1. The largest absolute Gasteiger partial charge is 0.479 e. The Morgan fingerprint density at radius 2 is 1.96 bits per heavy atom. The van der Waals surface area contributed by atoms with Gasteiger partial charge in [0, 0.05) is 12.2 Å². The number of aliphatic carboxylic acids is 1. The number of carbonyl (C=O) groups is 2. The Bertz CT molecular complexity index is 767. The number of morpholine rings is 1. The number of carboxylic acid groups (broad SMARTS) is 1. The van der Waals surface area contributed by atoms with Crippen LogP contribution in [-0.4, -0.2) is 57.5 Å². The second-order valence-electron chi connectivity index (χ2n) is 5.87. The molecule has 0 spiro atoms. The minimum absolute atomic E-state index is 0.0323. The summed E-state index contributed by atoms with van der Waals surface area (Å²) in [5, 5.41) is 13.4. The molecule has 0 aliphatic carbocycles. The fraction of sp³-hybridized carbons (Fsp3) is 0.353. The van der Waals surface area contributed by atoms with Gasteiger partial charge in [-0.25, -0.2) is 9.48 Å². The minimum atomic E-state index is -1.06. The van der Waals surface area contributed by atoms with E-state index < -0.39 is 12.1 Å². The van der Waals surface area contributed by atoms with Crippen molar-refractivity contribution in [3.63, 3.8) is 0 Å². The summed E-state index contributed by atoms with van der Waals surface area (Å²) in [6.45, 7) is 4.49. The Hall–Kier alpha value is -2.67. The van der Waals surface area contributed by atoms with Crippen molar-refractivity contribution in [2.75, 3.05) is 19.7 Å². The van der Waals surface area contributed by atoms with Crippen molar-refractivity contribution in [1.29, 1.82) is 0 Å². The van der Waals surface area contributed by atoms with E-state index in [9.17, 15) is 9.59 Å². The zero-order valence-corrected chi connectivity index (χ0v) is 13.6. The highest BCUT2D eigenvalue weighted by Gasteiger charge is 2.30. The molecule has 1 aliphatic rings. The van der Waals surface area contributed by atoms with Crippen molar-refractivity contribution in [2.45, 2.75) is 20.0 Å². The molecule has 1 fully saturated rings. The van der Waals surface area contributed by atoms with Crippen molar-refractivity contribution in [3.8, 4) is 5.69 Å². The van der Waals surface area contributed by atoms with Crippen LogP contribution in [0.15, 0.2) is 30.3 Å². The first-order valence-corrected chi connectivity index (χ1v) is 7.73. The van der Waals surface area contributed by atoms with Gasteiger partial charge in [-0.1, -0.05) is 17.7 Å². The lowest BCUT2D eigenvalue weighted by Crippen LogP contribution is -2.48. The second kappa shape index (κ2) is 6.45. The molecule has 2 heterocycles. The summed E-state index contributed by atoms with van der Waals surface area (Å²) in [7, 11) is 0. The molecule has 0 radical (unpaired) electrons. The van der Waals surface area contributed by atoms with E-state index in [4.69, 9.17) is 9.84 Å². The molecule has 1 aliphatic heterocycles. The van der Waals surface area contributed by atoms with Gasteiger partial charge in [-0.15, -0.1) is 0 Å². The maximum Gasteiger partial charge on any atom is 0.334 e. The first-order chi connectivity index (χ1) is 11.5. The Morgan fingerprint density at radius 1 is 1.25 bits per heavy atom. The van der Waals surface area contributed by atoms with Crippen LogP contribution in [0, 0.1) is 13.8 Å². The number of nitrogens with zero attached hydrogens (tertiary/aromatic N) is 3. The molecule has 1 amide bonds. The highest BCUT2D eigenvalue weighted by molar-refractivity contribution is 5.93.